The molecule has 0 N–H and O–H groups in total. The van der Waals surface area contributed by atoms with Crippen molar-refractivity contribution in [3.63, 3.8) is 0 Å². The molecule has 2 aliphatic heterocycles. The monoisotopic (exact) mass is 1120 g/mol. The van der Waals surface area contributed by atoms with E-state index in [0.29, 0.717) is 82.0 Å². The van der Waals surface area contributed by atoms with Gasteiger partial charge in [0.1, 0.15) is 0 Å². The first-order valence-corrected chi connectivity index (χ1v) is 33.0. The van der Waals surface area contributed by atoms with Crippen LogP contribution >= 0.6 is 63.8 Å². The molecule has 2 fully saturated rings. The molecular formula is C40H62B2Br2ClO13P3Zn. The summed E-state index contributed by atoms with van der Waals surface area (Å²) >= 11 is 13.1. The number of hydrogen-bond donors (Lipinski definition) is 0. The van der Waals surface area contributed by atoms with Crippen molar-refractivity contribution in [3.05, 3.63) is 83.3 Å². The first-order valence-electron chi connectivity index (χ1n) is 20.2. The van der Waals surface area contributed by atoms with Crippen molar-refractivity contribution in [2.45, 2.75) is 69.2 Å². The standard InChI is InChI=1S/C15H24BO5P.C10H14BrO3P.C10H14O3P.C5H10BClO2.BrH.Zn/c1-5-20-22(17,21-6-2)14-9-7-13(8-10-14)16-18-11-15(3,4)12-19-16;1-3-13-15(12,14-4-2)10-7-5-9(11)6-8-10;1-3-12-14(11,13-4-2)10-8-6-5-7-9-10;1-5(2)3-8-6(7)9-4-5;;/h7-10H,5-6,11-12H2,1-4H3;5-8H,3-4H2,1-2H3;6-9H,3-4H2,1-2H3;3-4H2,1-2H3;1H;/q;;-1;;;+2/p-1. The van der Waals surface area contributed by atoms with Crippen LogP contribution < -0.4 is 21.4 Å². The van der Waals surface area contributed by atoms with Gasteiger partial charge in [-0.3, -0.25) is 13.7 Å². The zero-order valence-corrected chi connectivity index (χ0v) is 47.2. The molecule has 0 atom stereocenters. The van der Waals surface area contributed by atoms with Gasteiger partial charge < -0.3 is 45.8 Å². The van der Waals surface area contributed by atoms with E-state index in [0.717, 1.165) is 9.94 Å². The molecule has 0 bridgehead atoms. The second-order valence-corrected chi connectivity index (χ2v) is 21.9. The molecule has 0 unspecified atom stereocenters. The minimum absolute atomic E-state index is 0.0378. The maximum absolute atomic E-state index is 12.7. The van der Waals surface area contributed by atoms with Gasteiger partial charge in [0.2, 0.25) is 0 Å². The van der Waals surface area contributed by atoms with Crippen LogP contribution in [0.1, 0.15) is 69.2 Å². The van der Waals surface area contributed by atoms with Gasteiger partial charge >= 0.3 is 66.4 Å². The van der Waals surface area contributed by atoms with E-state index in [2.05, 4.69) is 63.3 Å². The second-order valence-electron chi connectivity index (χ2n) is 14.5. The predicted molar refractivity (Wildman–Crippen MR) is 255 cm³/mol. The molecule has 22 heteroatoms. The van der Waals surface area contributed by atoms with Gasteiger partial charge in [-0.1, -0.05) is 55.8 Å². The number of benzene rings is 3. The molecule has 0 radical (unpaired) electrons. The molecule has 0 spiro atoms. The zero-order valence-electron chi connectivity index (χ0n) is 37.6. The van der Waals surface area contributed by atoms with Crippen LogP contribution in [0.5, 0.6) is 0 Å². The van der Waals surface area contributed by atoms with Gasteiger partial charge in [0.25, 0.3) is 0 Å². The second kappa shape index (κ2) is 31.1. The van der Waals surface area contributed by atoms with Crippen LogP contribution in [-0.4, -0.2) is 79.7 Å². The summed E-state index contributed by atoms with van der Waals surface area (Å²) in [5.74, 6) is 0. The molecular weight excluding hydrogens is 1060 g/mol. The van der Waals surface area contributed by atoms with E-state index >= 15 is 0 Å². The van der Waals surface area contributed by atoms with Gasteiger partial charge in [-0.05, 0) is 88.7 Å². The van der Waals surface area contributed by atoms with Gasteiger partial charge in [0.05, 0.1) is 50.3 Å². The summed E-state index contributed by atoms with van der Waals surface area (Å²) in [6, 6.07) is 24.0. The fraction of sp³-hybridized carbons (Fsp3) is 0.550. The van der Waals surface area contributed by atoms with Crippen molar-refractivity contribution >= 4 is 98.8 Å². The van der Waals surface area contributed by atoms with E-state index < -0.39 is 29.3 Å². The Balaban J connectivity index is 0.000000425. The first kappa shape index (κ1) is 60.0. The van der Waals surface area contributed by atoms with Crippen LogP contribution in [0.4, 0.5) is 0 Å². The number of halogens is 3. The molecule has 3 aromatic rings. The average Bonchev–Trinajstić information content (AvgIpc) is 3.25. The quantitative estimate of drug-likeness (QED) is 0.0763. The van der Waals surface area contributed by atoms with E-state index in [-0.39, 0.29) is 17.9 Å². The molecule has 0 aliphatic carbocycles. The van der Waals surface area contributed by atoms with Crippen molar-refractivity contribution in [3.8, 4) is 0 Å². The molecule has 344 valence electrons. The Morgan fingerprint density at radius 3 is 1.16 bits per heavy atom. The van der Waals surface area contributed by atoms with Crippen LogP contribution in [0, 0.1) is 16.9 Å². The molecule has 2 saturated heterocycles. The number of hydrogen-bond acceptors (Lipinski definition) is 13. The van der Waals surface area contributed by atoms with E-state index in [4.69, 9.17) is 57.2 Å². The van der Waals surface area contributed by atoms with Crippen LogP contribution in [0.15, 0.2) is 77.3 Å². The molecule has 13 nitrogen and oxygen atoms in total. The first-order chi connectivity index (χ1) is 29.3. The van der Waals surface area contributed by atoms with Crippen LogP contribution in [0.3, 0.4) is 0 Å². The average molecular weight is 1130 g/mol. The Labute approximate surface area is 401 Å². The maximum atomic E-state index is 12.7. The summed E-state index contributed by atoms with van der Waals surface area (Å²) in [7, 11) is -9.81. The van der Waals surface area contributed by atoms with Crippen LogP contribution in [-0.2, 0) is 75.8 Å². The third kappa shape index (κ3) is 21.7. The molecule has 5 rings (SSSR count). The topological polar surface area (TPSA) is 144 Å². The summed E-state index contributed by atoms with van der Waals surface area (Å²) in [5.41, 5.74) is 1.07. The van der Waals surface area contributed by atoms with Crippen molar-refractivity contribution in [1.29, 1.82) is 0 Å². The Morgan fingerprint density at radius 2 is 0.855 bits per heavy atom. The Morgan fingerprint density at radius 1 is 0.565 bits per heavy atom. The summed E-state index contributed by atoms with van der Waals surface area (Å²) in [5, 5.41) is 1.73. The molecule has 0 aromatic heterocycles. The van der Waals surface area contributed by atoms with Gasteiger partial charge in [-0.2, -0.15) is 30.3 Å². The third-order valence-corrected chi connectivity index (χ3v) is 15.1. The van der Waals surface area contributed by atoms with Crippen molar-refractivity contribution in [2.24, 2.45) is 10.8 Å². The van der Waals surface area contributed by atoms with Gasteiger partial charge in [0.15, 0.2) is 0 Å². The van der Waals surface area contributed by atoms with E-state index in [1.54, 1.807) is 90.1 Å². The minimum atomic E-state index is -3.23. The van der Waals surface area contributed by atoms with Gasteiger partial charge in [0, 0.05) is 41.7 Å². The van der Waals surface area contributed by atoms with E-state index in [1.165, 1.54) is 16.3 Å². The molecule has 2 heterocycles. The fourth-order valence-electron chi connectivity index (χ4n) is 5.13. The van der Waals surface area contributed by atoms with E-state index in [9.17, 15) is 13.7 Å². The Kier molecular flexibility index (Phi) is 30.1. The summed E-state index contributed by atoms with van der Waals surface area (Å²) < 4.78 is 91.1. The molecule has 0 saturated carbocycles. The molecule has 0 amide bonds. The predicted octanol–water partition coefficient (Wildman–Crippen LogP) is 10.2. The molecule has 62 heavy (non-hydrogen) atoms. The van der Waals surface area contributed by atoms with Crippen molar-refractivity contribution < 1.29 is 75.8 Å². The van der Waals surface area contributed by atoms with Gasteiger partial charge in [-0.15, -0.1) is 11.5 Å². The summed E-state index contributed by atoms with van der Waals surface area (Å²) in [6.45, 7) is 23.4. The molecule has 2 aliphatic rings. The molecule has 3 aromatic carbocycles. The van der Waals surface area contributed by atoms with Crippen molar-refractivity contribution in [1.82, 2.24) is 0 Å². The third-order valence-electron chi connectivity index (χ3n) is 7.90. The SMILES string of the molecule is CC1(C)COB(Cl)OC1.CCOP(=O)(OCC)c1cc[c-]cc1.CCOP(=O)(OCC)c1ccc(B2OCC(C)(C)CO2)cc1.CCOP(=O)(OCC)c1ccc(Br)cc1.[Zn+][Br]. The zero-order chi connectivity index (χ0) is 46.9. The van der Waals surface area contributed by atoms with E-state index in [1.807, 2.05) is 24.3 Å². The Bertz CT molecular complexity index is 1760. The van der Waals surface area contributed by atoms with Crippen molar-refractivity contribution in [2.75, 3.05) is 66.1 Å². The normalized spacial score (nSPS) is 15.9. The van der Waals surface area contributed by atoms with Crippen LogP contribution in [0.2, 0.25) is 0 Å². The number of rotatable bonds is 16. The summed E-state index contributed by atoms with van der Waals surface area (Å²) in [6.07, 6.45) is 0. The summed E-state index contributed by atoms with van der Waals surface area (Å²) in [4.78, 5) is 0. The Hall–Kier alpha value is -0.0468. The van der Waals surface area contributed by atoms with Gasteiger partial charge in [-0.25, -0.2) is 0 Å². The van der Waals surface area contributed by atoms with Crippen LogP contribution in [0.25, 0.3) is 0 Å². The fourth-order valence-corrected chi connectivity index (χ4v) is 10.2.